The van der Waals surface area contributed by atoms with Gasteiger partial charge >= 0.3 is 0 Å². The third-order valence-electron chi connectivity index (χ3n) is 2.57. The summed E-state index contributed by atoms with van der Waals surface area (Å²) in [5.74, 6) is 0.741. The first-order valence-electron chi connectivity index (χ1n) is 5.17. The molecule has 0 aliphatic carbocycles. The summed E-state index contributed by atoms with van der Waals surface area (Å²) < 4.78 is 1.94. The van der Waals surface area contributed by atoms with Crippen molar-refractivity contribution < 1.29 is 0 Å². The van der Waals surface area contributed by atoms with Crippen LogP contribution in [0.5, 0.6) is 0 Å². The summed E-state index contributed by atoms with van der Waals surface area (Å²) in [7, 11) is 0. The van der Waals surface area contributed by atoms with Crippen molar-refractivity contribution in [1.82, 2.24) is 19.5 Å². The van der Waals surface area contributed by atoms with Crippen molar-refractivity contribution in [3.63, 3.8) is 0 Å². The molecule has 4 nitrogen and oxygen atoms in total. The van der Waals surface area contributed by atoms with Crippen LogP contribution in [0, 0.1) is 6.92 Å². The minimum atomic E-state index is 0.240. The number of hydrogen-bond donors (Lipinski definition) is 0. The quantitative estimate of drug-likeness (QED) is 0.618. The van der Waals surface area contributed by atoms with Gasteiger partial charge in [0, 0.05) is 23.5 Å². The van der Waals surface area contributed by atoms with E-state index in [9.17, 15) is 0 Å². The molecule has 0 N–H and O–H groups in total. The van der Waals surface area contributed by atoms with Crippen molar-refractivity contribution in [3.05, 3.63) is 47.8 Å². The molecule has 0 aromatic carbocycles. The molecule has 3 heterocycles. The van der Waals surface area contributed by atoms with Crippen LogP contribution in [0.1, 0.15) is 5.69 Å². The van der Waals surface area contributed by atoms with Crippen molar-refractivity contribution in [2.45, 2.75) is 6.92 Å². The van der Waals surface area contributed by atoms with Gasteiger partial charge in [0.25, 0.3) is 0 Å². The van der Waals surface area contributed by atoms with Crippen LogP contribution >= 0.6 is 11.6 Å². The van der Waals surface area contributed by atoms with Crippen LogP contribution < -0.4 is 0 Å². The topological polar surface area (TPSA) is 43.6 Å². The maximum Gasteiger partial charge on any atom is 0.224 e. The van der Waals surface area contributed by atoms with Crippen LogP contribution in [0.3, 0.4) is 0 Å². The summed E-state index contributed by atoms with van der Waals surface area (Å²) in [6.45, 7) is 1.97. The molecule has 3 aromatic rings. The summed E-state index contributed by atoms with van der Waals surface area (Å²) in [6, 6.07) is 5.87. The zero-order valence-electron chi connectivity index (χ0n) is 9.13. The minimum absolute atomic E-state index is 0.240. The van der Waals surface area contributed by atoms with Crippen LogP contribution in [-0.4, -0.2) is 19.5 Å². The molecule has 0 unspecified atom stereocenters. The normalized spacial score (nSPS) is 10.9. The standard InChI is InChI=1S/C12H9ClN4/c1-8-6-9-3-5-17(10(9)7-15-8)11-2-4-14-12(13)16-11/h2-7H,1H3. The van der Waals surface area contributed by atoms with E-state index in [4.69, 9.17) is 11.6 Å². The molecule has 84 valence electrons. The van der Waals surface area contributed by atoms with E-state index in [0.29, 0.717) is 0 Å². The van der Waals surface area contributed by atoms with Crippen molar-refractivity contribution in [2.75, 3.05) is 0 Å². The lowest BCUT2D eigenvalue weighted by atomic mass is 10.3. The first-order valence-corrected chi connectivity index (χ1v) is 5.54. The second kappa shape index (κ2) is 3.82. The maximum atomic E-state index is 5.79. The number of aromatic nitrogens is 4. The fourth-order valence-electron chi connectivity index (χ4n) is 1.80. The lowest BCUT2D eigenvalue weighted by molar-refractivity contribution is 1.01. The van der Waals surface area contributed by atoms with Gasteiger partial charge in [0.2, 0.25) is 5.28 Å². The Morgan fingerprint density at radius 3 is 2.94 bits per heavy atom. The molecule has 0 aliphatic rings. The monoisotopic (exact) mass is 244 g/mol. The van der Waals surface area contributed by atoms with Gasteiger partial charge in [-0.15, -0.1) is 0 Å². The summed E-state index contributed by atoms with van der Waals surface area (Å²) >= 11 is 5.79. The fraction of sp³-hybridized carbons (Fsp3) is 0.0833. The number of nitrogens with zero attached hydrogens (tertiary/aromatic N) is 4. The molecule has 17 heavy (non-hydrogen) atoms. The van der Waals surface area contributed by atoms with Crippen LogP contribution in [0.25, 0.3) is 16.7 Å². The predicted molar refractivity (Wildman–Crippen MR) is 66.4 cm³/mol. The Kier molecular flexibility index (Phi) is 2.30. The van der Waals surface area contributed by atoms with Crippen LogP contribution in [0.2, 0.25) is 5.28 Å². The third kappa shape index (κ3) is 1.76. The number of aryl methyl sites for hydroxylation is 1. The first kappa shape index (κ1) is 10.2. The van der Waals surface area contributed by atoms with Gasteiger partial charge < -0.3 is 0 Å². The van der Waals surface area contributed by atoms with E-state index in [1.54, 1.807) is 6.20 Å². The van der Waals surface area contributed by atoms with Gasteiger partial charge in [-0.3, -0.25) is 9.55 Å². The Bertz CT molecular complexity index is 690. The molecule has 0 saturated heterocycles. The number of rotatable bonds is 1. The van der Waals surface area contributed by atoms with Crippen molar-refractivity contribution in [1.29, 1.82) is 0 Å². The van der Waals surface area contributed by atoms with Crippen molar-refractivity contribution in [3.8, 4) is 5.82 Å². The average Bonchev–Trinajstić information content (AvgIpc) is 2.71. The lowest BCUT2D eigenvalue weighted by Crippen LogP contribution is -1.97. The molecular weight excluding hydrogens is 236 g/mol. The molecule has 0 saturated carbocycles. The molecule has 5 heteroatoms. The van der Waals surface area contributed by atoms with Gasteiger partial charge in [0.05, 0.1) is 11.7 Å². The Balaban J connectivity index is 2.24. The van der Waals surface area contributed by atoms with E-state index in [2.05, 4.69) is 15.0 Å². The van der Waals surface area contributed by atoms with Gasteiger partial charge in [-0.25, -0.2) is 4.98 Å². The number of fused-ring (bicyclic) bond motifs is 1. The zero-order chi connectivity index (χ0) is 11.8. The van der Waals surface area contributed by atoms with E-state index in [1.165, 1.54) is 0 Å². The summed E-state index contributed by atoms with van der Waals surface area (Å²) in [6.07, 6.45) is 5.42. The highest BCUT2D eigenvalue weighted by molar-refractivity contribution is 6.28. The van der Waals surface area contributed by atoms with Crippen molar-refractivity contribution >= 4 is 22.5 Å². The van der Waals surface area contributed by atoms with E-state index in [0.717, 1.165) is 22.4 Å². The van der Waals surface area contributed by atoms with E-state index in [1.807, 2.05) is 42.1 Å². The maximum absolute atomic E-state index is 5.79. The van der Waals surface area contributed by atoms with Crippen LogP contribution in [0.4, 0.5) is 0 Å². The number of pyridine rings is 1. The number of halogens is 1. The molecule has 3 aromatic heterocycles. The highest BCUT2D eigenvalue weighted by Crippen LogP contribution is 2.19. The third-order valence-corrected chi connectivity index (χ3v) is 2.75. The molecule has 0 bridgehead atoms. The van der Waals surface area contributed by atoms with Gasteiger partial charge in [-0.1, -0.05) is 0 Å². The first-order chi connectivity index (χ1) is 8.24. The molecule has 3 rings (SSSR count). The molecular formula is C12H9ClN4. The Hall–Kier alpha value is -1.94. The molecule has 0 atom stereocenters. The number of hydrogen-bond acceptors (Lipinski definition) is 3. The smallest absolute Gasteiger partial charge is 0.224 e. The minimum Gasteiger partial charge on any atom is -0.300 e. The summed E-state index contributed by atoms with van der Waals surface area (Å²) in [5.41, 5.74) is 2.00. The SMILES string of the molecule is Cc1cc2ccn(-c3ccnc(Cl)n3)c2cn1. The van der Waals surface area contributed by atoms with Gasteiger partial charge in [0.1, 0.15) is 5.82 Å². The highest BCUT2D eigenvalue weighted by Gasteiger charge is 2.05. The zero-order valence-corrected chi connectivity index (χ0v) is 9.89. The Labute approximate surface area is 103 Å². The Morgan fingerprint density at radius 2 is 2.12 bits per heavy atom. The largest absolute Gasteiger partial charge is 0.300 e. The van der Waals surface area contributed by atoms with Gasteiger partial charge in [-0.05, 0) is 36.7 Å². The molecule has 0 aliphatic heterocycles. The van der Waals surface area contributed by atoms with Crippen molar-refractivity contribution in [2.24, 2.45) is 0 Å². The summed E-state index contributed by atoms with van der Waals surface area (Å²) in [4.78, 5) is 12.3. The average molecular weight is 245 g/mol. The van der Waals surface area contributed by atoms with E-state index < -0.39 is 0 Å². The Morgan fingerprint density at radius 1 is 1.24 bits per heavy atom. The molecule has 0 radical (unpaired) electrons. The molecule has 0 spiro atoms. The van der Waals surface area contributed by atoms with Gasteiger partial charge in [-0.2, -0.15) is 4.98 Å². The van der Waals surface area contributed by atoms with Gasteiger partial charge in [0.15, 0.2) is 0 Å². The fourth-order valence-corrected chi connectivity index (χ4v) is 1.95. The second-order valence-corrected chi connectivity index (χ2v) is 4.09. The molecule has 0 amide bonds. The lowest BCUT2D eigenvalue weighted by Gasteiger charge is -2.03. The second-order valence-electron chi connectivity index (χ2n) is 3.75. The van der Waals surface area contributed by atoms with Crippen LogP contribution in [0.15, 0.2) is 36.8 Å². The van der Waals surface area contributed by atoms with E-state index >= 15 is 0 Å². The van der Waals surface area contributed by atoms with Crippen LogP contribution in [-0.2, 0) is 0 Å². The summed E-state index contributed by atoms with van der Waals surface area (Å²) in [5, 5.41) is 1.37. The molecule has 0 fully saturated rings. The van der Waals surface area contributed by atoms with E-state index in [-0.39, 0.29) is 5.28 Å². The highest BCUT2D eigenvalue weighted by atomic mass is 35.5. The predicted octanol–water partition coefficient (Wildman–Crippen LogP) is 2.78.